The van der Waals surface area contributed by atoms with Gasteiger partial charge in [0.15, 0.2) is 5.84 Å². The van der Waals surface area contributed by atoms with Crippen LogP contribution in [-0.2, 0) is 0 Å². The Labute approximate surface area is 121 Å². The van der Waals surface area contributed by atoms with Gasteiger partial charge in [0.1, 0.15) is 0 Å². The molecule has 0 spiro atoms. The molecule has 0 radical (unpaired) electrons. The monoisotopic (exact) mass is 303 g/mol. The number of carbonyl (C=O) groups excluding carboxylic acids is 1. The zero-order valence-corrected chi connectivity index (χ0v) is 12.1. The molecule has 1 rings (SSSR count). The Morgan fingerprint density at radius 3 is 2.63 bits per heavy atom. The molecule has 0 aliphatic rings. The Bertz CT molecular complexity index is 504. The van der Waals surface area contributed by atoms with E-state index in [0.717, 1.165) is 0 Å². The van der Waals surface area contributed by atoms with Crippen LogP contribution >= 0.6 is 23.2 Å². The Balaban J connectivity index is 3.09. The maximum absolute atomic E-state index is 12.4. The molecule has 0 aliphatic heterocycles. The van der Waals surface area contributed by atoms with Gasteiger partial charge in [-0.15, -0.1) is 0 Å². The van der Waals surface area contributed by atoms with E-state index in [2.05, 4.69) is 5.16 Å². The van der Waals surface area contributed by atoms with Gasteiger partial charge in [0, 0.05) is 11.1 Å². The highest BCUT2D eigenvalue weighted by Crippen LogP contribution is 2.22. The molecule has 0 aliphatic carbocycles. The molecular weight excluding hydrogens is 289 g/mol. The number of oxime groups is 1. The number of rotatable bonds is 4. The SMILES string of the molecule is CC(C)N(CC(N)=NO)C(=O)c1cc(Cl)ccc1Cl. The van der Waals surface area contributed by atoms with Crippen molar-refractivity contribution in [3.63, 3.8) is 0 Å². The number of nitrogens with two attached hydrogens (primary N) is 1. The van der Waals surface area contributed by atoms with Gasteiger partial charge in [-0.05, 0) is 32.0 Å². The molecule has 104 valence electrons. The molecule has 3 N–H and O–H groups in total. The van der Waals surface area contributed by atoms with Crippen molar-refractivity contribution >= 4 is 34.9 Å². The van der Waals surface area contributed by atoms with Gasteiger partial charge >= 0.3 is 0 Å². The molecule has 0 saturated heterocycles. The number of carbonyl (C=O) groups is 1. The molecule has 5 nitrogen and oxygen atoms in total. The van der Waals surface area contributed by atoms with E-state index in [1.54, 1.807) is 12.1 Å². The number of nitrogens with zero attached hydrogens (tertiary/aromatic N) is 2. The third-order valence-corrected chi connectivity index (χ3v) is 3.07. The molecule has 1 aromatic carbocycles. The lowest BCUT2D eigenvalue weighted by Crippen LogP contribution is -2.43. The van der Waals surface area contributed by atoms with E-state index in [9.17, 15) is 4.79 Å². The zero-order chi connectivity index (χ0) is 14.6. The molecule has 0 atom stereocenters. The summed E-state index contributed by atoms with van der Waals surface area (Å²) in [7, 11) is 0. The molecule has 19 heavy (non-hydrogen) atoms. The van der Waals surface area contributed by atoms with E-state index >= 15 is 0 Å². The van der Waals surface area contributed by atoms with Crippen molar-refractivity contribution < 1.29 is 10.0 Å². The second-order valence-electron chi connectivity index (χ2n) is 4.24. The zero-order valence-electron chi connectivity index (χ0n) is 10.6. The van der Waals surface area contributed by atoms with E-state index < -0.39 is 0 Å². The Hall–Kier alpha value is -1.46. The number of amidine groups is 1. The summed E-state index contributed by atoms with van der Waals surface area (Å²) in [4.78, 5) is 13.8. The average Bonchev–Trinajstić information content (AvgIpc) is 2.37. The van der Waals surface area contributed by atoms with Crippen molar-refractivity contribution in [2.75, 3.05) is 6.54 Å². The predicted octanol–water partition coefficient (Wildman–Crippen LogP) is 2.59. The Morgan fingerprint density at radius 1 is 1.47 bits per heavy atom. The first kappa shape index (κ1) is 15.6. The van der Waals surface area contributed by atoms with E-state index in [1.165, 1.54) is 11.0 Å². The Kier molecular flexibility index (Phi) is 5.44. The number of benzene rings is 1. The van der Waals surface area contributed by atoms with Crippen LogP contribution in [0.5, 0.6) is 0 Å². The van der Waals surface area contributed by atoms with Crippen molar-refractivity contribution in [2.45, 2.75) is 19.9 Å². The second-order valence-corrected chi connectivity index (χ2v) is 5.09. The summed E-state index contributed by atoms with van der Waals surface area (Å²) in [5.41, 5.74) is 5.73. The average molecular weight is 304 g/mol. The fraction of sp³-hybridized carbons (Fsp3) is 0.333. The highest BCUT2D eigenvalue weighted by molar-refractivity contribution is 6.35. The number of halogens is 2. The van der Waals surface area contributed by atoms with Gasteiger partial charge in [-0.2, -0.15) is 0 Å². The lowest BCUT2D eigenvalue weighted by Gasteiger charge is -2.26. The molecule has 0 aromatic heterocycles. The van der Waals surface area contributed by atoms with Crippen LogP contribution in [-0.4, -0.2) is 34.4 Å². The van der Waals surface area contributed by atoms with Crippen molar-refractivity contribution in [1.29, 1.82) is 0 Å². The molecular formula is C12H15Cl2N3O2. The van der Waals surface area contributed by atoms with Crippen LogP contribution in [0.4, 0.5) is 0 Å². The first-order valence-corrected chi connectivity index (χ1v) is 6.34. The smallest absolute Gasteiger partial charge is 0.256 e. The summed E-state index contributed by atoms with van der Waals surface area (Å²) in [6.07, 6.45) is 0. The lowest BCUT2D eigenvalue weighted by atomic mass is 10.1. The minimum atomic E-state index is -0.325. The summed E-state index contributed by atoms with van der Waals surface area (Å²) in [6, 6.07) is 4.51. The van der Waals surface area contributed by atoms with E-state index in [-0.39, 0.29) is 29.9 Å². The van der Waals surface area contributed by atoms with Crippen LogP contribution in [0.25, 0.3) is 0 Å². The van der Waals surface area contributed by atoms with Crippen LogP contribution in [0.3, 0.4) is 0 Å². The van der Waals surface area contributed by atoms with Crippen molar-refractivity contribution in [2.24, 2.45) is 10.9 Å². The molecule has 1 amide bonds. The van der Waals surface area contributed by atoms with Crippen LogP contribution in [0, 0.1) is 0 Å². The van der Waals surface area contributed by atoms with Gasteiger partial charge in [-0.3, -0.25) is 4.79 Å². The largest absolute Gasteiger partial charge is 0.409 e. The molecule has 0 fully saturated rings. The summed E-state index contributed by atoms with van der Waals surface area (Å²) in [6.45, 7) is 3.65. The minimum absolute atomic E-state index is 0.00976. The third kappa shape index (κ3) is 4.01. The number of amides is 1. The van der Waals surface area contributed by atoms with Gasteiger partial charge in [0.2, 0.25) is 0 Å². The number of hydrogen-bond acceptors (Lipinski definition) is 3. The summed E-state index contributed by atoms with van der Waals surface area (Å²) in [5, 5.41) is 12.2. The molecule has 0 unspecified atom stereocenters. The van der Waals surface area contributed by atoms with Gasteiger partial charge in [0.05, 0.1) is 17.1 Å². The van der Waals surface area contributed by atoms with Gasteiger partial charge in [0.25, 0.3) is 5.91 Å². The van der Waals surface area contributed by atoms with Crippen LogP contribution < -0.4 is 5.73 Å². The predicted molar refractivity (Wildman–Crippen MR) is 76.0 cm³/mol. The van der Waals surface area contributed by atoms with E-state index in [4.69, 9.17) is 34.1 Å². The summed E-state index contributed by atoms with van der Waals surface area (Å²) in [5.74, 6) is -0.380. The van der Waals surface area contributed by atoms with E-state index in [0.29, 0.717) is 10.0 Å². The molecule has 1 aromatic rings. The van der Waals surface area contributed by atoms with Crippen molar-refractivity contribution in [3.05, 3.63) is 33.8 Å². The fourth-order valence-electron chi connectivity index (χ4n) is 1.51. The molecule has 0 saturated carbocycles. The van der Waals surface area contributed by atoms with Gasteiger partial charge in [-0.25, -0.2) is 0 Å². The van der Waals surface area contributed by atoms with Crippen LogP contribution in [0.15, 0.2) is 23.4 Å². The highest BCUT2D eigenvalue weighted by Gasteiger charge is 2.22. The lowest BCUT2D eigenvalue weighted by molar-refractivity contribution is 0.0734. The quantitative estimate of drug-likeness (QED) is 0.388. The maximum Gasteiger partial charge on any atom is 0.256 e. The Morgan fingerprint density at radius 2 is 2.11 bits per heavy atom. The molecule has 0 heterocycles. The molecule has 0 bridgehead atoms. The van der Waals surface area contributed by atoms with Gasteiger partial charge in [-0.1, -0.05) is 28.4 Å². The molecule has 7 heteroatoms. The maximum atomic E-state index is 12.4. The minimum Gasteiger partial charge on any atom is -0.409 e. The van der Waals surface area contributed by atoms with E-state index in [1.807, 2.05) is 13.8 Å². The standard InChI is InChI=1S/C12H15Cl2N3O2/c1-7(2)17(6-11(15)16-19)12(18)9-5-8(13)3-4-10(9)14/h3-5,7,19H,6H2,1-2H3,(H2,15,16). The highest BCUT2D eigenvalue weighted by atomic mass is 35.5. The first-order chi connectivity index (χ1) is 8.86. The third-order valence-electron chi connectivity index (χ3n) is 2.50. The first-order valence-electron chi connectivity index (χ1n) is 5.59. The number of hydrogen-bond donors (Lipinski definition) is 2. The van der Waals surface area contributed by atoms with Crippen LogP contribution in [0.2, 0.25) is 10.0 Å². The summed E-state index contributed by atoms with van der Waals surface area (Å²) < 4.78 is 0. The summed E-state index contributed by atoms with van der Waals surface area (Å²) >= 11 is 11.9. The normalized spacial score (nSPS) is 11.7. The fourth-order valence-corrected chi connectivity index (χ4v) is 1.88. The van der Waals surface area contributed by atoms with Gasteiger partial charge < -0.3 is 15.8 Å². The van der Waals surface area contributed by atoms with Crippen molar-refractivity contribution in [1.82, 2.24) is 4.90 Å². The van der Waals surface area contributed by atoms with Crippen molar-refractivity contribution in [3.8, 4) is 0 Å². The second kappa shape index (κ2) is 6.63. The van der Waals surface area contributed by atoms with Crippen LogP contribution in [0.1, 0.15) is 24.2 Å². The topological polar surface area (TPSA) is 78.9 Å².